The van der Waals surface area contributed by atoms with E-state index < -0.39 is 41.5 Å². The minimum atomic E-state index is -1.09. The van der Waals surface area contributed by atoms with Crippen LogP contribution >= 0.6 is 0 Å². The summed E-state index contributed by atoms with van der Waals surface area (Å²) in [5.41, 5.74) is 0.576. The number of carbonyl (C=O) groups excluding carboxylic acids is 2. The molecule has 2 fully saturated rings. The van der Waals surface area contributed by atoms with Crippen LogP contribution in [0.25, 0.3) is 0 Å². The minimum absolute atomic E-state index is 0.256. The SMILES string of the molecule is C=C1C(=O)O[C@H]2/C=C(/CO)[C@@]3(OCC)CC[C@@](C)(C[C@@H](OC(=O)/C(C)=C\C)[C@@H]12)O3. The summed E-state index contributed by atoms with van der Waals surface area (Å²) in [5.74, 6) is -2.62. The van der Waals surface area contributed by atoms with Gasteiger partial charge < -0.3 is 24.1 Å². The number of carbonyl (C=O) groups is 2. The van der Waals surface area contributed by atoms with E-state index in [0.717, 1.165) is 0 Å². The molecule has 0 amide bonds. The summed E-state index contributed by atoms with van der Waals surface area (Å²) < 4.78 is 23.7. The lowest BCUT2D eigenvalue weighted by molar-refractivity contribution is -0.231. The van der Waals surface area contributed by atoms with Crippen LogP contribution < -0.4 is 0 Å². The van der Waals surface area contributed by atoms with Crippen molar-refractivity contribution in [2.45, 2.75) is 70.6 Å². The molecule has 7 heteroatoms. The van der Waals surface area contributed by atoms with Gasteiger partial charge in [0.05, 0.1) is 18.1 Å². The van der Waals surface area contributed by atoms with Crippen LogP contribution in [0.3, 0.4) is 0 Å². The van der Waals surface area contributed by atoms with E-state index in [2.05, 4.69) is 6.58 Å². The fourth-order valence-electron chi connectivity index (χ4n) is 4.42. The summed E-state index contributed by atoms with van der Waals surface area (Å²) in [6.45, 7) is 11.2. The fourth-order valence-corrected chi connectivity index (χ4v) is 4.42. The van der Waals surface area contributed by atoms with Gasteiger partial charge >= 0.3 is 11.9 Å². The van der Waals surface area contributed by atoms with Crippen LogP contribution in [0.5, 0.6) is 0 Å². The van der Waals surface area contributed by atoms with Crippen molar-refractivity contribution in [2.24, 2.45) is 5.92 Å². The molecule has 3 aliphatic rings. The zero-order valence-electron chi connectivity index (χ0n) is 17.5. The Balaban J connectivity index is 2.07. The summed E-state index contributed by atoms with van der Waals surface area (Å²) in [6, 6.07) is 0. The molecule has 2 saturated heterocycles. The van der Waals surface area contributed by atoms with Crippen LogP contribution in [0.4, 0.5) is 0 Å². The van der Waals surface area contributed by atoms with Gasteiger partial charge in [-0.15, -0.1) is 0 Å². The van der Waals surface area contributed by atoms with Crippen molar-refractivity contribution in [3.63, 3.8) is 0 Å². The van der Waals surface area contributed by atoms with E-state index >= 15 is 0 Å². The normalized spacial score (nSPS) is 39.0. The highest BCUT2D eigenvalue weighted by molar-refractivity contribution is 5.92. The number of aliphatic hydroxyl groups is 1. The predicted molar refractivity (Wildman–Crippen MR) is 105 cm³/mol. The summed E-state index contributed by atoms with van der Waals surface area (Å²) in [7, 11) is 0. The third-order valence-electron chi connectivity index (χ3n) is 6.11. The lowest BCUT2D eigenvalue weighted by Gasteiger charge is -2.35. The number of hydrogen-bond donors (Lipinski definition) is 1. The maximum Gasteiger partial charge on any atom is 0.334 e. The fraction of sp³-hybridized carbons (Fsp3) is 0.636. The Bertz CT molecular complexity index is 767. The standard InChI is InChI=1S/C22H30O7/c1-6-13(3)19(24)28-17-11-21(5)8-9-22(29-21,26-7-2)15(12-23)10-16-18(17)14(4)20(25)27-16/h6,10,16-18,23H,4,7-9,11-12H2,1-3,5H3/b13-6-,15-10-/t16-,17+,18-,21-,22+/m0/s1. The maximum atomic E-state index is 12.5. The lowest BCUT2D eigenvalue weighted by Crippen LogP contribution is -2.41. The van der Waals surface area contributed by atoms with Crippen LogP contribution in [0.15, 0.2) is 35.5 Å². The first-order chi connectivity index (χ1) is 13.7. The number of fused-ring (bicyclic) bond motifs is 3. The molecular formula is C22H30O7. The zero-order chi connectivity index (χ0) is 21.4. The average molecular weight is 406 g/mol. The summed E-state index contributed by atoms with van der Waals surface area (Å²) in [6.07, 6.45) is 3.52. The van der Waals surface area contributed by atoms with Crippen molar-refractivity contribution in [1.29, 1.82) is 0 Å². The molecule has 0 unspecified atom stereocenters. The van der Waals surface area contributed by atoms with Gasteiger partial charge in [-0.05, 0) is 40.2 Å². The van der Waals surface area contributed by atoms with Gasteiger partial charge in [-0.25, -0.2) is 9.59 Å². The Kier molecular flexibility index (Phi) is 6.03. The van der Waals surface area contributed by atoms with Crippen LogP contribution in [0.1, 0.15) is 47.0 Å². The molecule has 7 nitrogen and oxygen atoms in total. The number of rotatable bonds is 5. The highest BCUT2D eigenvalue weighted by Gasteiger charge is 2.55. The second kappa shape index (κ2) is 8.05. The van der Waals surface area contributed by atoms with Gasteiger partial charge in [-0.2, -0.15) is 0 Å². The van der Waals surface area contributed by atoms with Crippen molar-refractivity contribution in [3.8, 4) is 0 Å². The van der Waals surface area contributed by atoms with Crippen molar-refractivity contribution in [1.82, 2.24) is 0 Å². The summed E-state index contributed by atoms with van der Waals surface area (Å²) in [4.78, 5) is 24.8. The highest BCUT2D eigenvalue weighted by Crippen LogP contribution is 2.49. The predicted octanol–water partition coefficient (Wildman–Crippen LogP) is 2.59. The smallest absolute Gasteiger partial charge is 0.334 e. The van der Waals surface area contributed by atoms with Crippen LogP contribution in [0.2, 0.25) is 0 Å². The second-order valence-electron chi connectivity index (χ2n) is 8.13. The molecule has 160 valence electrons. The van der Waals surface area contributed by atoms with E-state index in [0.29, 0.717) is 37.0 Å². The third kappa shape index (κ3) is 3.91. The molecule has 0 aromatic heterocycles. The first kappa shape index (κ1) is 21.7. The number of aliphatic hydroxyl groups excluding tert-OH is 1. The van der Waals surface area contributed by atoms with E-state index in [1.165, 1.54) is 0 Å². The van der Waals surface area contributed by atoms with Crippen molar-refractivity contribution in [3.05, 3.63) is 35.5 Å². The molecule has 2 bridgehead atoms. The first-order valence-corrected chi connectivity index (χ1v) is 10.1. The molecule has 3 rings (SSSR count). The number of esters is 2. The average Bonchev–Trinajstić information content (AvgIpc) is 3.16. The van der Waals surface area contributed by atoms with Gasteiger partial charge in [-0.3, -0.25) is 0 Å². The van der Waals surface area contributed by atoms with Gasteiger partial charge in [0.25, 0.3) is 0 Å². The molecule has 29 heavy (non-hydrogen) atoms. The van der Waals surface area contributed by atoms with Gasteiger partial charge in [-0.1, -0.05) is 12.7 Å². The Morgan fingerprint density at radius 3 is 2.79 bits per heavy atom. The van der Waals surface area contributed by atoms with E-state index in [1.54, 1.807) is 26.0 Å². The van der Waals surface area contributed by atoms with Crippen molar-refractivity contribution in [2.75, 3.05) is 13.2 Å². The summed E-state index contributed by atoms with van der Waals surface area (Å²) in [5, 5.41) is 10.1. The van der Waals surface area contributed by atoms with Gasteiger partial charge in [0.1, 0.15) is 12.2 Å². The van der Waals surface area contributed by atoms with Crippen molar-refractivity contribution < 1.29 is 33.6 Å². The Hall–Kier alpha value is -1.96. The molecule has 1 N–H and O–H groups in total. The molecule has 3 aliphatic heterocycles. The van der Waals surface area contributed by atoms with E-state index in [1.807, 2.05) is 13.8 Å². The lowest BCUT2D eigenvalue weighted by atomic mass is 9.81. The number of allylic oxidation sites excluding steroid dienone is 1. The molecule has 0 spiro atoms. The van der Waals surface area contributed by atoms with Gasteiger partial charge in [0.15, 0.2) is 5.79 Å². The number of ether oxygens (including phenoxy) is 4. The zero-order valence-corrected chi connectivity index (χ0v) is 17.5. The molecule has 3 heterocycles. The Morgan fingerprint density at radius 1 is 1.45 bits per heavy atom. The molecule has 5 atom stereocenters. The maximum absolute atomic E-state index is 12.5. The topological polar surface area (TPSA) is 91.3 Å². The van der Waals surface area contributed by atoms with Crippen LogP contribution in [-0.2, 0) is 28.5 Å². The first-order valence-electron chi connectivity index (χ1n) is 10.1. The van der Waals surface area contributed by atoms with Gasteiger partial charge in [0.2, 0.25) is 0 Å². The molecule has 0 aliphatic carbocycles. The van der Waals surface area contributed by atoms with E-state index in [-0.39, 0.29) is 12.2 Å². The molecule has 0 saturated carbocycles. The Morgan fingerprint density at radius 2 is 2.17 bits per heavy atom. The van der Waals surface area contributed by atoms with Crippen LogP contribution in [0, 0.1) is 5.92 Å². The van der Waals surface area contributed by atoms with Crippen molar-refractivity contribution >= 4 is 11.9 Å². The molecule has 0 aromatic rings. The minimum Gasteiger partial charge on any atom is -0.458 e. The van der Waals surface area contributed by atoms with E-state index in [4.69, 9.17) is 18.9 Å². The van der Waals surface area contributed by atoms with Crippen LogP contribution in [-0.4, -0.2) is 53.9 Å². The molecule has 0 aromatic carbocycles. The van der Waals surface area contributed by atoms with E-state index in [9.17, 15) is 14.7 Å². The largest absolute Gasteiger partial charge is 0.458 e. The Labute approximate surface area is 171 Å². The highest BCUT2D eigenvalue weighted by atomic mass is 16.7. The molecular weight excluding hydrogens is 376 g/mol. The molecule has 0 radical (unpaired) electrons. The van der Waals surface area contributed by atoms with Gasteiger partial charge in [0, 0.05) is 36.2 Å². The number of hydrogen-bond acceptors (Lipinski definition) is 7. The third-order valence-corrected chi connectivity index (χ3v) is 6.11. The second-order valence-corrected chi connectivity index (χ2v) is 8.13. The monoisotopic (exact) mass is 406 g/mol. The quantitative estimate of drug-likeness (QED) is 0.426. The summed E-state index contributed by atoms with van der Waals surface area (Å²) >= 11 is 0.